The normalized spacial score (nSPS) is 18.6. The van der Waals surface area contributed by atoms with Crippen molar-refractivity contribution in [1.29, 1.82) is 5.41 Å². The van der Waals surface area contributed by atoms with Gasteiger partial charge in [0.05, 0.1) is 17.5 Å². The second kappa shape index (κ2) is 8.03. The van der Waals surface area contributed by atoms with E-state index in [0.29, 0.717) is 0 Å². The first kappa shape index (κ1) is 19.3. The molecule has 0 amide bonds. The maximum Gasteiger partial charge on any atom is 0.286 e. The number of hydrogen-bond donors (Lipinski definition) is 1. The molecule has 27 heavy (non-hydrogen) atoms. The molecule has 1 atom stereocenters. The molecule has 2 aromatic rings. The van der Waals surface area contributed by atoms with E-state index < -0.39 is 16.1 Å². The molecule has 1 aliphatic heterocycles. The molecule has 1 saturated heterocycles. The number of piperazine rings is 1. The zero-order valence-electron chi connectivity index (χ0n) is 14.8. The van der Waals surface area contributed by atoms with Crippen LogP contribution in [-0.4, -0.2) is 57.9 Å². The van der Waals surface area contributed by atoms with Gasteiger partial charge in [-0.3, -0.25) is 15.2 Å². The summed E-state index contributed by atoms with van der Waals surface area (Å²) in [6.07, 6.45) is 1.47. The molecule has 0 aliphatic carbocycles. The van der Waals surface area contributed by atoms with Gasteiger partial charge in [0.25, 0.3) is 11.8 Å². The van der Waals surface area contributed by atoms with Crippen molar-refractivity contribution in [2.75, 3.05) is 38.4 Å². The van der Waals surface area contributed by atoms with E-state index in [2.05, 4.69) is 5.27 Å². The lowest BCUT2D eigenvalue weighted by atomic mass is 10.1. The van der Waals surface area contributed by atoms with Crippen LogP contribution in [0.15, 0.2) is 45.9 Å². The van der Waals surface area contributed by atoms with Crippen LogP contribution < -0.4 is 20.6 Å². The second-order valence-corrected chi connectivity index (χ2v) is 7.99. The summed E-state index contributed by atoms with van der Waals surface area (Å²) in [6.45, 7) is 0.624. The van der Waals surface area contributed by atoms with Gasteiger partial charge in [-0.15, -0.1) is 0 Å². The van der Waals surface area contributed by atoms with Gasteiger partial charge in [-0.05, 0) is 17.4 Å². The Kier molecular flexibility index (Phi) is 5.73. The molecule has 10 nitrogen and oxygen atoms in total. The van der Waals surface area contributed by atoms with Crippen molar-refractivity contribution in [2.24, 2.45) is 0 Å². The van der Waals surface area contributed by atoms with Crippen molar-refractivity contribution >= 4 is 15.8 Å². The molecule has 3 rings (SSSR count). The number of ether oxygens (including phenoxy) is 1. The van der Waals surface area contributed by atoms with Crippen molar-refractivity contribution in [3.05, 3.63) is 42.1 Å². The maximum atomic E-state index is 12.9. The van der Waals surface area contributed by atoms with Gasteiger partial charge in [0.2, 0.25) is 10.0 Å². The highest BCUT2D eigenvalue weighted by Crippen LogP contribution is 2.19. The van der Waals surface area contributed by atoms with Crippen LogP contribution in [0, 0.1) is 5.41 Å². The van der Waals surface area contributed by atoms with Gasteiger partial charge in [0, 0.05) is 33.2 Å². The van der Waals surface area contributed by atoms with Crippen LogP contribution in [0.3, 0.4) is 0 Å². The molecule has 1 N–H and O–H groups in total. The first-order valence-electron chi connectivity index (χ1n) is 8.37. The Labute approximate surface area is 156 Å². The number of ketones is 1. The summed E-state index contributed by atoms with van der Waals surface area (Å²) in [5.41, 5.74) is -0.155. The van der Waals surface area contributed by atoms with E-state index in [-0.39, 0.29) is 48.9 Å². The zero-order chi connectivity index (χ0) is 19.4. The van der Waals surface area contributed by atoms with Crippen LogP contribution in [0.2, 0.25) is 0 Å². The number of hydrogen-bond acceptors (Lipinski definition) is 7. The van der Waals surface area contributed by atoms with Crippen LogP contribution in [0.1, 0.15) is 6.42 Å². The molecule has 1 aliphatic rings. The monoisotopic (exact) mass is 395 g/mol. The highest BCUT2D eigenvalue weighted by atomic mass is 32.2. The molecule has 1 unspecified atom stereocenters. The summed E-state index contributed by atoms with van der Waals surface area (Å²) in [5, 5.41) is 12.8. The highest BCUT2D eigenvalue weighted by molar-refractivity contribution is 7.89. The highest BCUT2D eigenvalue weighted by Gasteiger charge is 2.37. The number of carbonyl (C=O) groups is 1. The summed E-state index contributed by atoms with van der Waals surface area (Å²) in [4.78, 5) is 14.2. The number of nitrogens with one attached hydrogen (secondary N) is 1. The van der Waals surface area contributed by atoms with E-state index in [1.807, 2.05) is 0 Å². The summed E-state index contributed by atoms with van der Waals surface area (Å²) < 4.78 is 36.9. The number of Topliss-reactive ketones (excluding diaryl/α,β-unsaturated/α-hetero) is 1. The SMILES string of the molecule is COCCC(=O)C1CN(S(=O)(=O)c2ccccc2)CCN1[n+]1cc(=N)o[n-]1. The van der Waals surface area contributed by atoms with Gasteiger partial charge < -0.3 is 9.26 Å². The lowest BCUT2D eigenvalue weighted by Crippen LogP contribution is -2.73. The molecule has 1 aromatic heterocycles. The summed E-state index contributed by atoms with van der Waals surface area (Å²) in [5.74, 6) is -0.174. The van der Waals surface area contributed by atoms with Crippen LogP contribution in [0.4, 0.5) is 0 Å². The van der Waals surface area contributed by atoms with Gasteiger partial charge in [-0.25, -0.2) is 8.42 Å². The summed E-state index contributed by atoms with van der Waals surface area (Å²) >= 11 is 0. The molecule has 1 fully saturated rings. The standard InChI is InChI=1S/C16H21N5O5S/c1-25-10-7-15(22)14-11-19(27(23,24)13-5-3-2-4-6-13)8-9-20(14)21-12-16(17)26-18-21/h2-6,12,14,17H,7-11H2,1H3. The fourth-order valence-electron chi connectivity index (χ4n) is 2.95. The third-order valence-electron chi connectivity index (χ3n) is 4.34. The molecule has 146 valence electrons. The van der Waals surface area contributed by atoms with E-state index in [1.54, 1.807) is 23.2 Å². The lowest BCUT2D eigenvalue weighted by Gasteiger charge is -2.40. The van der Waals surface area contributed by atoms with E-state index in [1.165, 1.54) is 34.5 Å². The Balaban J connectivity index is 1.88. The molecule has 2 heterocycles. The Hall–Kier alpha value is -2.50. The lowest BCUT2D eigenvalue weighted by molar-refractivity contribution is -0.766. The zero-order valence-corrected chi connectivity index (χ0v) is 15.6. The molecule has 0 radical (unpaired) electrons. The van der Waals surface area contributed by atoms with Crippen LogP contribution in [0.25, 0.3) is 0 Å². The van der Waals surface area contributed by atoms with Gasteiger partial charge in [-0.1, -0.05) is 23.0 Å². The van der Waals surface area contributed by atoms with Crippen molar-refractivity contribution in [3.8, 4) is 0 Å². The minimum atomic E-state index is -3.72. The number of sulfonamides is 1. The average molecular weight is 395 g/mol. The Morgan fingerprint density at radius 1 is 1.37 bits per heavy atom. The Bertz CT molecular complexity index is 939. The number of methoxy groups -OCH3 is 1. The van der Waals surface area contributed by atoms with Gasteiger partial charge >= 0.3 is 0 Å². The molecular formula is C16H21N5O5S. The van der Waals surface area contributed by atoms with Crippen molar-refractivity contribution in [2.45, 2.75) is 17.4 Å². The molecule has 11 heteroatoms. The maximum absolute atomic E-state index is 12.9. The van der Waals surface area contributed by atoms with Crippen LogP contribution >= 0.6 is 0 Å². The van der Waals surface area contributed by atoms with Gasteiger partial charge in [0.15, 0.2) is 0 Å². The van der Waals surface area contributed by atoms with Crippen molar-refractivity contribution < 1.29 is 27.3 Å². The quantitative estimate of drug-likeness (QED) is 0.574. The fraction of sp³-hybridized carbons (Fsp3) is 0.438. The number of benzene rings is 1. The minimum absolute atomic E-state index is 0.0209. The molecule has 0 spiro atoms. The average Bonchev–Trinajstić information content (AvgIpc) is 3.12. The first-order chi connectivity index (χ1) is 12.9. The van der Waals surface area contributed by atoms with Crippen molar-refractivity contribution in [1.82, 2.24) is 9.58 Å². The number of aromatic nitrogens is 2. The number of nitrogens with zero attached hydrogens (tertiary/aromatic N) is 4. The Morgan fingerprint density at radius 3 is 2.74 bits per heavy atom. The Morgan fingerprint density at radius 2 is 2.11 bits per heavy atom. The predicted molar refractivity (Wildman–Crippen MR) is 91.7 cm³/mol. The second-order valence-electron chi connectivity index (χ2n) is 6.05. The van der Waals surface area contributed by atoms with E-state index in [4.69, 9.17) is 14.7 Å². The third-order valence-corrected chi connectivity index (χ3v) is 6.22. The van der Waals surface area contributed by atoms with Crippen LogP contribution in [-0.2, 0) is 19.6 Å². The summed E-state index contributed by atoms with van der Waals surface area (Å²) in [7, 11) is -2.22. The van der Waals surface area contributed by atoms with Crippen molar-refractivity contribution in [3.63, 3.8) is 0 Å². The minimum Gasteiger partial charge on any atom is -0.384 e. The molecule has 0 saturated carbocycles. The van der Waals surface area contributed by atoms with Crippen LogP contribution in [0.5, 0.6) is 0 Å². The summed E-state index contributed by atoms with van der Waals surface area (Å²) in [6, 6.07) is 7.36. The molecular weight excluding hydrogens is 374 g/mol. The van der Waals surface area contributed by atoms with Gasteiger partial charge in [-0.2, -0.15) is 4.31 Å². The topological polar surface area (TPSA) is 122 Å². The predicted octanol–water partition coefficient (Wildman–Crippen LogP) is -1.38. The molecule has 1 aromatic carbocycles. The number of rotatable bonds is 7. The first-order valence-corrected chi connectivity index (χ1v) is 9.81. The smallest absolute Gasteiger partial charge is 0.286 e. The number of carbonyl (C=O) groups excluding carboxylic acids is 1. The van der Waals surface area contributed by atoms with E-state index in [9.17, 15) is 13.2 Å². The van der Waals surface area contributed by atoms with E-state index >= 15 is 0 Å². The molecule has 0 bridgehead atoms. The fourth-order valence-corrected chi connectivity index (χ4v) is 4.41. The third kappa shape index (κ3) is 4.10. The largest absolute Gasteiger partial charge is 0.384 e. The van der Waals surface area contributed by atoms with E-state index in [0.717, 1.165) is 0 Å². The van der Waals surface area contributed by atoms with Gasteiger partial charge in [0.1, 0.15) is 5.78 Å².